The molecule has 0 aromatic rings. The molecule has 0 amide bonds. The Morgan fingerprint density at radius 2 is 2.08 bits per heavy atom. The number of rotatable bonds is 6. The normalized spacial score (nSPS) is 18.2. The molecule has 0 spiro atoms. The van der Waals surface area contributed by atoms with Gasteiger partial charge in [0.05, 0.1) is 14.2 Å². The highest BCUT2D eigenvalue weighted by Crippen LogP contribution is 2.25. The van der Waals surface area contributed by atoms with Gasteiger partial charge in [0.2, 0.25) is 0 Å². The van der Waals surface area contributed by atoms with Crippen molar-refractivity contribution in [1.82, 2.24) is 0 Å². The maximum atomic E-state index is 5.76. The van der Waals surface area contributed by atoms with E-state index >= 15 is 0 Å². The first-order valence-corrected chi connectivity index (χ1v) is 9.35. The number of hydrogen-bond donors (Lipinski definition) is 0. The lowest BCUT2D eigenvalue weighted by Gasteiger charge is -2.21. The van der Waals surface area contributed by atoms with Crippen molar-refractivity contribution in [2.24, 2.45) is 0 Å². The van der Waals surface area contributed by atoms with Gasteiger partial charge in [0, 0.05) is 11.6 Å². The lowest BCUT2D eigenvalue weighted by Crippen LogP contribution is -2.33. The van der Waals surface area contributed by atoms with E-state index in [0.717, 1.165) is 11.6 Å². The molecule has 0 radical (unpaired) electrons. The van der Waals surface area contributed by atoms with E-state index in [4.69, 9.17) is 4.74 Å². The average molecular weight is 251 g/mol. The van der Waals surface area contributed by atoms with Gasteiger partial charge >= 0.3 is 0 Å². The van der Waals surface area contributed by atoms with Crippen LogP contribution in [0.3, 0.4) is 0 Å². The smallest absolute Gasteiger partial charge is 0.0776 e. The van der Waals surface area contributed by atoms with Crippen LogP contribution in [0.5, 0.6) is 0 Å². The van der Waals surface area contributed by atoms with Crippen LogP contribution in [0.4, 0.5) is 0 Å². The van der Waals surface area contributed by atoms with Crippen molar-refractivity contribution in [3.05, 3.63) is 0 Å². The van der Waals surface area contributed by atoms with Crippen LogP contribution >= 0.6 is 15.9 Å². The molecule has 0 saturated heterocycles. The van der Waals surface area contributed by atoms with Crippen LogP contribution in [-0.2, 0) is 4.74 Å². The quantitative estimate of drug-likeness (QED) is 0.520. The predicted octanol–water partition coefficient (Wildman–Crippen LogP) is 3.20. The fourth-order valence-corrected chi connectivity index (χ4v) is 3.96. The van der Waals surface area contributed by atoms with Gasteiger partial charge in [-0.05, 0) is 19.3 Å². The van der Waals surface area contributed by atoms with Gasteiger partial charge in [0.15, 0.2) is 0 Å². The Bertz CT molecular complexity index is 134. The van der Waals surface area contributed by atoms with Crippen LogP contribution in [0.25, 0.3) is 0 Å². The van der Waals surface area contributed by atoms with E-state index in [9.17, 15) is 0 Å². The zero-order valence-corrected chi connectivity index (χ0v) is 10.7. The molecule has 0 bridgehead atoms. The van der Waals surface area contributed by atoms with E-state index in [1.165, 1.54) is 25.3 Å². The predicted molar refractivity (Wildman–Crippen MR) is 59.7 cm³/mol. The highest BCUT2D eigenvalue weighted by Gasteiger charge is 2.27. The summed E-state index contributed by atoms with van der Waals surface area (Å²) >= 11 is 3.48. The summed E-state index contributed by atoms with van der Waals surface area (Å²) in [4.78, 5) is 0. The van der Waals surface area contributed by atoms with Crippen molar-refractivity contribution >= 4 is 24.0 Å². The number of halogens is 1. The monoisotopic (exact) mass is 250 g/mol. The Hall–Kier alpha value is 0.657. The Morgan fingerprint density at radius 1 is 1.42 bits per heavy atom. The molecule has 1 aliphatic carbocycles. The second-order valence-corrected chi connectivity index (χ2v) is 10.4. The molecule has 72 valence electrons. The molecule has 0 unspecified atom stereocenters. The number of alkyl halides is 1. The second kappa shape index (κ2) is 4.77. The number of hydrogen-bond acceptors (Lipinski definition) is 1. The van der Waals surface area contributed by atoms with Crippen molar-refractivity contribution in [2.75, 3.05) is 11.6 Å². The van der Waals surface area contributed by atoms with Crippen LogP contribution in [0.2, 0.25) is 19.1 Å². The van der Waals surface area contributed by atoms with E-state index in [0.29, 0.717) is 6.10 Å². The summed E-state index contributed by atoms with van der Waals surface area (Å²) in [6, 6.07) is 1.39. The van der Waals surface area contributed by atoms with Gasteiger partial charge < -0.3 is 4.74 Å². The average Bonchev–Trinajstić information content (AvgIpc) is 2.81. The zero-order chi connectivity index (χ0) is 9.03. The molecule has 0 heterocycles. The van der Waals surface area contributed by atoms with Crippen molar-refractivity contribution in [3.8, 4) is 0 Å². The molecule has 0 N–H and O–H groups in total. The third-order valence-electron chi connectivity index (χ3n) is 2.22. The summed E-state index contributed by atoms with van der Waals surface area (Å²) in [6.07, 6.45) is 5.64. The first kappa shape index (κ1) is 10.7. The van der Waals surface area contributed by atoms with Gasteiger partial charge in [-0.25, -0.2) is 0 Å². The molecule has 12 heavy (non-hydrogen) atoms. The summed E-state index contributed by atoms with van der Waals surface area (Å²) in [5, 5.41) is 1.15. The largest absolute Gasteiger partial charge is 0.382 e. The van der Waals surface area contributed by atoms with E-state index < -0.39 is 8.07 Å². The van der Waals surface area contributed by atoms with E-state index in [1.807, 2.05) is 0 Å². The maximum Gasteiger partial charge on any atom is 0.0776 e. The number of ether oxygens (including phenoxy) is 1. The van der Waals surface area contributed by atoms with E-state index in [-0.39, 0.29) is 0 Å². The molecule has 1 nitrogen and oxygen atoms in total. The van der Waals surface area contributed by atoms with Gasteiger partial charge in [0.1, 0.15) is 0 Å². The lowest BCUT2D eigenvalue weighted by molar-refractivity contribution is 0.157. The first-order valence-electron chi connectivity index (χ1n) is 4.82. The van der Waals surface area contributed by atoms with E-state index in [2.05, 4.69) is 29.0 Å². The summed E-state index contributed by atoms with van der Waals surface area (Å²) in [7, 11) is -0.999. The maximum absolute atomic E-state index is 5.76. The minimum atomic E-state index is -0.999. The fraction of sp³-hybridized carbons (Fsp3) is 1.00. The molecular weight excluding hydrogens is 232 g/mol. The minimum Gasteiger partial charge on any atom is -0.382 e. The molecule has 1 fully saturated rings. The molecule has 1 saturated carbocycles. The molecular formula is C9H19BrOSi. The topological polar surface area (TPSA) is 9.23 Å². The van der Waals surface area contributed by atoms with Crippen LogP contribution < -0.4 is 0 Å². The van der Waals surface area contributed by atoms with Gasteiger partial charge in [-0.1, -0.05) is 35.1 Å². The van der Waals surface area contributed by atoms with Gasteiger partial charge in [-0.3, -0.25) is 0 Å². The SMILES string of the molecule is C[Si](C)(CCCBr)COC1CC1. The zero-order valence-electron chi connectivity index (χ0n) is 8.11. The third kappa shape index (κ3) is 4.63. The van der Waals surface area contributed by atoms with Gasteiger partial charge in [0.25, 0.3) is 0 Å². The Morgan fingerprint density at radius 3 is 2.58 bits per heavy atom. The molecule has 3 heteroatoms. The van der Waals surface area contributed by atoms with Gasteiger partial charge in [-0.15, -0.1) is 0 Å². The van der Waals surface area contributed by atoms with Crippen molar-refractivity contribution in [3.63, 3.8) is 0 Å². The molecule has 0 atom stereocenters. The second-order valence-electron chi connectivity index (χ2n) is 4.47. The first-order chi connectivity index (χ1) is 5.64. The van der Waals surface area contributed by atoms with Gasteiger partial charge in [-0.2, -0.15) is 0 Å². The fourth-order valence-electron chi connectivity index (χ4n) is 1.20. The molecule has 0 aromatic carbocycles. The van der Waals surface area contributed by atoms with E-state index in [1.54, 1.807) is 0 Å². The Kier molecular flexibility index (Phi) is 4.27. The minimum absolute atomic E-state index is 0.640. The third-order valence-corrected chi connectivity index (χ3v) is 5.44. The molecule has 1 aliphatic rings. The van der Waals surface area contributed by atoms with Crippen LogP contribution in [0.1, 0.15) is 19.3 Å². The standard InChI is InChI=1S/C9H19BrOSi/c1-12(2,7-3-6-10)8-11-9-4-5-9/h9H,3-8H2,1-2H3. The Balaban J connectivity index is 2.07. The molecule has 0 aliphatic heterocycles. The summed E-state index contributed by atoms with van der Waals surface area (Å²) in [5.74, 6) is 0. The van der Waals surface area contributed by atoms with Crippen molar-refractivity contribution in [1.29, 1.82) is 0 Å². The Labute approximate surface area is 85.0 Å². The highest BCUT2D eigenvalue weighted by molar-refractivity contribution is 9.09. The van der Waals surface area contributed by atoms with Crippen LogP contribution in [0.15, 0.2) is 0 Å². The summed E-state index contributed by atoms with van der Waals surface area (Å²) in [6.45, 7) is 4.86. The lowest BCUT2D eigenvalue weighted by atomic mass is 10.6. The van der Waals surface area contributed by atoms with Crippen LogP contribution in [0, 0.1) is 0 Å². The van der Waals surface area contributed by atoms with Crippen LogP contribution in [-0.4, -0.2) is 25.7 Å². The molecule has 1 rings (SSSR count). The summed E-state index contributed by atoms with van der Waals surface area (Å²) in [5.41, 5.74) is 0. The van der Waals surface area contributed by atoms with Crippen molar-refractivity contribution in [2.45, 2.75) is 44.5 Å². The molecule has 0 aromatic heterocycles. The highest BCUT2D eigenvalue weighted by atomic mass is 79.9. The summed E-state index contributed by atoms with van der Waals surface area (Å²) < 4.78 is 5.76. The van der Waals surface area contributed by atoms with Crippen molar-refractivity contribution < 1.29 is 4.74 Å².